The Labute approximate surface area is 137 Å². The third-order valence-electron chi connectivity index (χ3n) is 3.17. The number of esters is 1. The largest absolute Gasteiger partial charge is 0.496 e. The van der Waals surface area contributed by atoms with Crippen molar-refractivity contribution in [1.82, 2.24) is 0 Å². The highest BCUT2D eigenvalue weighted by atomic mass is 35.5. The summed E-state index contributed by atoms with van der Waals surface area (Å²) in [4.78, 5) is 22.5. The minimum absolute atomic E-state index is 0.0521. The molecule has 23 heavy (non-hydrogen) atoms. The number of methoxy groups -OCH3 is 1. The standard InChI is InChI=1S/C16H14ClNO5/c1-10-3-6-15(22-2)11(7-10)9-23-16(19)13-5-4-12(17)8-14(13)18(20)21/h3-8H,9H2,1-2H3. The Bertz CT molecular complexity index is 760. The fourth-order valence-corrected chi connectivity index (χ4v) is 2.24. The number of ether oxygens (including phenoxy) is 2. The molecule has 2 aromatic rings. The van der Waals surface area contributed by atoms with E-state index in [0.29, 0.717) is 11.3 Å². The molecule has 2 aromatic carbocycles. The summed E-state index contributed by atoms with van der Waals surface area (Å²) < 4.78 is 10.4. The van der Waals surface area contributed by atoms with Gasteiger partial charge in [-0.25, -0.2) is 4.79 Å². The van der Waals surface area contributed by atoms with Crippen molar-refractivity contribution in [2.75, 3.05) is 7.11 Å². The van der Waals surface area contributed by atoms with Crippen molar-refractivity contribution in [2.24, 2.45) is 0 Å². The number of nitrogens with zero attached hydrogens (tertiary/aromatic N) is 1. The van der Waals surface area contributed by atoms with Gasteiger partial charge >= 0.3 is 5.97 Å². The summed E-state index contributed by atoms with van der Waals surface area (Å²) in [7, 11) is 1.51. The van der Waals surface area contributed by atoms with E-state index in [1.807, 2.05) is 19.1 Å². The first-order chi connectivity index (χ1) is 10.9. The molecule has 2 rings (SSSR count). The first-order valence-corrected chi connectivity index (χ1v) is 7.04. The number of benzene rings is 2. The summed E-state index contributed by atoms with van der Waals surface area (Å²) in [6.45, 7) is 1.85. The van der Waals surface area contributed by atoms with E-state index in [1.54, 1.807) is 6.07 Å². The van der Waals surface area contributed by atoms with E-state index in [0.717, 1.165) is 11.6 Å². The van der Waals surface area contributed by atoms with Gasteiger partial charge in [-0.05, 0) is 31.2 Å². The van der Waals surface area contributed by atoms with Gasteiger partial charge in [0.15, 0.2) is 0 Å². The zero-order chi connectivity index (χ0) is 17.0. The molecule has 0 spiro atoms. The molecule has 0 N–H and O–H groups in total. The summed E-state index contributed by atoms with van der Waals surface area (Å²) in [6.07, 6.45) is 0. The average Bonchev–Trinajstić information content (AvgIpc) is 2.52. The zero-order valence-electron chi connectivity index (χ0n) is 12.5. The number of hydrogen-bond acceptors (Lipinski definition) is 5. The van der Waals surface area contributed by atoms with Crippen molar-refractivity contribution in [3.63, 3.8) is 0 Å². The van der Waals surface area contributed by atoms with Gasteiger partial charge in [-0.2, -0.15) is 0 Å². The zero-order valence-corrected chi connectivity index (χ0v) is 13.3. The normalized spacial score (nSPS) is 10.2. The first kappa shape index (κ1) is 16.8. The van der Waals surface area contributed by atoms with Crippen LogP contribution in [0.3, 0.4) is 0 Å². The monoisotopic (exact) mass is 335 g/mol. The third kappa shape index (κ3) is 3.98. The van der Waals surface area contributed by atoms with Crippen LogP contribution in [0.15, 0.2) is 36.4 Å². The van der Waals surface area contributed by atoms with Crippen LogP contribution in [0.5, 0.6) is 5.75 Å². The second kappa shape index (κ2) is 7.11. The minimum atomic E-state index is -0.795. The summed E-state index contributed by atoms with van der Waals surface area (Å²) in [5, 5.41) is 11.2. The fourth-order valence-electron chi connectivity index (χ4n) is 2.07. The van der Waals surface area contributed by atoms with Crippen LogP contribution in [0.25, 0.3) is 0 Å². The van der Waals surface area contributed by atoms with Crippen LogP contribution in [0.1, 0.15) is 21.5 Å². The van der Waals surface area contributed by atoms with Gasteiger partial charge in [0.25, 0.3) is 5.69 Å². The molecule has 0 aromatic heterocycles. The minimum Gasteiger partial charge on any atom is -0.496 e. The van der Waals surface area contributed by atoms with Gasteiger partial charge in [-0.3, -0.25) is 10.1 Å². The molecule has 6 nitrogen and oxygen atoms in total. The molecule has 0 atom stereocenters. The molecule has 7 heteroatoms. The first-order valence-electron chi connectivity index (χ1n) is 6.67. The van der Waals surface area contributed by atoms with Gasteiger partial charge in [0.1, 0.15) is 17.9 Å². The predicted molar refractivity (Wildman–Crippen MR) is 85.0 cm³/mol. The molecule has 0 unspecified atom stereocenters. The maximum Gasteiger partial charge on any atom is 0.345 e. The quantitative estimate of drug-likeness (QED) is 0.470. The Morgan fingerprint density at radius 2 is 2.00 bits per heavy atom. The number of carbonyl (C=O) groups is 1. The number of nitro benzene ring substituents is 1. The number of hydrogen-bond donors (Lipinski definition) is 0. The molecular weight excluding hydrogens is 322 g/mol. The van der Waals surface area contributed by atoms with E-state index in [-0.39, 0.29) is 17.2 Å². The van der Waals surface area contributed by atoms with Crippen LogP contribution < -0.4 is 4.74 Å². The van der Waals surface area contributed by atoms with Crippen LogP contribution in [-0.2, 0) is 11.3 Å². The lowest BCUT2D eigenvalue weighted by Crippen LogP contribution is -2.09. The molecule has 0 aliphatic rings. The van der Waals surface area contributed by atoms with Crippen molar-refractivity contribution in [2.45, 2.75) is 13.5 Å². The number of aryl methyl sites for hydroxylation is 1. The Balaban J connectivity index is 2.21. The van der Waals surface area contributed by atoms with Gasteiger partial charge in [0.05, 0.1) is 12.0 Å². The maximum absolute atomic E-state index is 12.1. The molecule has 0 saturated heterocycles. The van der Waals surface area contributed by atoms with Crippen molar-refractivity contribution < 1.29 is 19.2 Å². The van der Waals surface area contributed by atoms with Crippen molar-refractivity contribution in [1.29, 1.82) is 0 Å². The molecule has 0 fully saturated rings. The van der Waals surface area contributed by atoms with Gasteiger partial charge in [-0.15, -0.1) is 0 Å². The maximum atomic E-state index is 12.1. The van der Waals surface area contributed by atoms with Gasteiger partial charge in [-0.1, -0.05) is 23.2 Å². The number of nitro groups is 1. The fraction of sp³-hybridized carbons (Fsp3) is 0.188. The van der Waals surface area contributed by atoms with Gasteiger partial charge in [0, 0.05) is 16.7 Å². The van der Waals surface area contributed by atoms with Gasteiger partial charge < -0.3 is 9.47 Å². The average molecular weight is 336 g/mol. The lowest BCUT2D eigenvalue weighted by atomic mass is 10.1. The molecule has 0 amide bonds. The SMILES string of the molecule is COc1ccc(C)cc1COC(=O)c1ccc(Cl)cc1[N+](=O)[O-]. The van der Waals surface area contributed by atoms with Crippen molar-refractivity contribution in [3.8, 4) is 5.75 Å². The van der Waals surface area contributed by atoms with Crippen molar-refractivity contribution in [3.05, 3.63) is 68.2 Å². The highest BCUT2D eigenvalue weighted by Gasteiger charge is 2.22. The lowest BCUT2D eigenvalue weighted by molar-refractivity contribution is -0.385. The molecule has 0 radical (unpaired) electrons. The van der Waals surface area contributed by atoms with Gasteiger partial charge in [0.2, 0.25) is 0 Å². The third-order valence-corrected chi connectivity index (χ3v) is 3.41. The number of halogens is 1. The summed E-state index contributed by atoms with van der Waals surface area (Å²) in [5.41, 5.74) is 1.12. The molecule has 0 aliphatic carbocycles. The van der Waals surface area contributed by atoms with E-state index >= 15 is 0 Å². The molecule has 0 bridgehead atoms. The number of carbonyl (C=O) groups excluding carboxylic acids is 1. The Morgan fingerprint density at radius 1 is 1.26 bits per heavy atom. The highest BCUT2D eigenvalue weighted by Crippen LogP contribution is 2.25. The lowest BCUT2D eigenvalue weighted by Gasteiger charge is -2.10. The van der Waals surface area contributed by atoms with Crippen LogP contribution in [0, 0.1) is 17.0 Å². The van der Waals surface area contributed by atoms with E-state index in [1.165, 1.54) is 19.2 Å². The predicted octanol–water partition coefficient (Wildman–Crippen LogP) is 3.92. The molecule has 0 heterocycles. The smallest absolute Gasteiger partial charge is 0.345 e. The summed E-state index contributed by atoms with van der Waals surface area (Å²) in [5.74, 6) is -0.217. The summed E-state index contributed by atoms with van der Waals surface area (Å²) in [6, 6.07) is 9.25. The van der Waals surface area contributed by atoms with E-state index in [9.17, 15) is 14.9 Å². The second-order valence-electron chi connectivity index (χ2n) is 4.81. The summed E-state index contributed by atoms with van der Waals surface area (Å²) >= 11 is 5.72. The molecule has 120 valence electrons. The molecular formula is C16H14ClNO5. The van der Waals surface area contributed by atoms with Crippen molar-refractivity contribution >= 4 is 23.3 Å². The number of rotatable bonds is 5. The Hall–Kier alpha value is -2.60. The van der Waals surface area contributed by atoms with E-state index in [4.69, 9.17) is 21.1 Å². The van der Waals surface area contributed by atoms with E-state index in [2.05, 4.69) is 0 Å². The second-order valence-corrected chi connectivity index (χ2v) is 5.25. The Morgan fingerprint density at radius 3 is 2.65 bits per heavy atom. The Kier molecular flexibility index (Phi) is 5.18. The highest BCUT2D eigenvalue weighted by molar-refractivity contribution is 6.31. The molecule has 0 saturated carbocycles. The molecule has 0 aliphatic heterocycles. The van der Waals surface area contributed by atoms with Crippen LogP contribution >= 0.6 is 11.6 Å². The van der Waals surface area contributed by atoms with Crippen LogP contribution in [-0.4, -0.2) is 18.0 Å². The van der Waals surface area contributed by atoms with Crippen LogP contribution in [0.2, 0.25) is 5.02 Å². The van der Waals surface area contributed by atoms with E-state index < -0.39 is 16.6 Å². The topological polar surface area (TPSA) is 78.7 Å². The van der Waals surface area contributed by atoms with Crippen LogP contribution in [0.4, 0.5) is 5.69 Å².